The number of hydrogen-bond acceptors (Lipinski definition) is 2. The minimum atomic E-state index is 0.606. The van der Waals surface area contributed by atoms with Crippen molar-refractivity contribution in [3.8, 4) is 5.75 Å². The van der Waals surface area contributed by atoms with Gasteiger partial charge in [-0.3, -0.25) is 0 Å². The Labute approximate surface area is 118 Å². The summed E-state index contributed by atoms with van der Waals surface area (Å²) < 4.78 is 5.75. The summed E-state index contributed by atoms with van der Waals surface area (Å²) in [5.41, 5.74) is 1.40. The van der Waals surface area contributed by atoms with Gasteiger partial charge in [-0.25, -0.2) is 0 Å². The molecule has 2 unspecified atom stereocenters. The van der Waals surface area contributed by atoms with Gasteiger partial charge in [0.05, 0.1) is 6.61 Å². The van der Waals surface area contributed by atoms with E-state index in [0.717, 1.165) is 25.3 Å². The maximum atomic E-state index is 5.75. The summed E-state index contributed by atoms with van der Waals surface area (Å²) >= 11 is 0. The molecule has 0 heterocycles. The van der Waals surface area contributed by atoms with Crippen molar-refractivity contribution in [1.29, 1.82) is 0 Å². The van der Waals surface area contributed by atoms with Crippen LogP contribution in [0, 0.1) is 0 Å². The van der Waals surface area contributed by atoms with Gasteiger partial charge in [0.1, 0.15) is 5.75 Å². The Kier molecular flexibility index (Phi) is 7.57. The quantitative estimate of drug-likeness (QED) is 0.668. The van der Waals surface area contributed by atoms with Crippen LogP contribution in [-0.4, -0.2) is 19.2 Å². The van der Waals surface area contributed by atoms with E-state index in [-0.39, 0.29) is 0 Å². The van der Waals surface area contributed by atoms with Gasteiger partial charge in [0.15, 0.2) is 0 Å². The molecule has 0 saturated carbocycles. The normalized spacial score (nSPS) is 14.1. The van der Waals surface area contributed by atoms with Gasteiger partial charge in [-0.15, -0.1) is 0 Å². The second-order valence-corrected chi connectivity index (χ2v) is 5.34. The number of benzene rings is 1. The lowest BCUT2D eigenvalue weighted by atomic mass is 9.99. The van der Waals surface area contributed by atoms with Gasteiger partial charge in [0.25, 0.3) is 0 Å². The smallest absolute Gasteiger partial charge is 0.119 e. The SMILES string of the molecule is CCC(C)NCCCOc1ccc(C(C)CC)cc1. The van der Waals surface area contributed by atoms with Crippen molar-refractivity contribution in [1.82, 2.24) is 5.32 Å². The fourth-order valence-corrected chi connectivity index (χ4v) is 1.88. The van der Waals surface area contributed by atoms with Crippen LogP contribution < -0.4 is 10.1 Å². The summed E-state index contributed by atoms with van der Waals surface area (Å²) in [6.45, 7) is 10.7. The highest BCUT2D eigenvalue weighted by Gasteiger charge is 2.02. The molecule has 0 aliphatic heterocycles. The molecule has 0 aromatic heterocycles. The van der Waals surface area contributed by atoms with Crippen molar-refractivity contribution in [2.45, 2.75) is 58.9 Å². The summed E-state index contributed by atoms with van der Waals surface area (Å²) in [5.74, 6) is 1.62. The van der Waals surface area contributed by atoms with Crippen molar-refractivity contribution >= 4 is 0 Å². The zero-order valence-electron chi connectivity index (χ0n) is 12.9. The highest BCUT2D eigenvalue weighted by molar-refractivity contribution is 5.29. The average Bonchev–Trinajstić information content (AvgIpc) is 2.46. The Bertz CT molecular complexity index is 334. The van der Waals surface area contributed by atoms with E-state index in [1.165, 1.54) is 18.4 Å². The fraction of sp³-hybridized carbons (Fsp3) is 0.647. The topological polar surface area (TPSA) is 21.3 Å². The van der Waals surface area contributed by atoms with Gasteiger partial charge >= 0.3 is 0 Å². The molecule has 0 saturated heterocycles. The number of rotatable bonds is 9. The lowest BCUT2D eigenvalue weighted by molar-refractivity contribution is 0.305. The van der Waals surface area contributed by atoms with Crippen LogP contribution in [0.1, 0.15) is 58.4 Å². The largest absolute Gasteiger partial charge is 0.494 e. The van der Waals surface area contributed by atoms with Crippen LogP contribution in [0.2, 0.25) is 0 Å². The molecule has 1 aromatic carbocycles. The third-order valence-corrected chi connectivity index (χ3v) is 3.76. The summed E-state index contributed by atoms with van der Waals surface area (Å²) in [4.78, 5) is 0. The molecule has 0 aliphatic rings. The van der Waals surface area contributed by atoms with Crippen molar-refractivity contribution < 1.29 is 4.74 Å². The van der Waals surface area contributed by atoms with Crippen LogP contribution in [0.4, 0.5) is 0 Å². The summed E-state index contributed by atoms with van der Waals surface area (Å²) in [6, 6.07) is 9.14. The lowest BCUT2D eigenvalue weighted by Gasteiger charge is -2.12. The molecule has 1 N–H and O–H groups in total. The van der Waals surface area contributed by atoms with Crippen LogP contribution >= 0.6 is 0 Å². The monoisotopic (exact) mass is 263 g/mol. The summed E-state index contributed by atoms with van der Waals surface area (Å²) in [6.07, 6.45) is 3.41. The molecule has 0 fully saturated rings. The first-order chi connectivity index (χ1) is 9.17. The predicted molar refractivity (Wildman–Crippen MR) is 83.0 cm³/mol. The number of hydrogen-bond donors (Lipinski definition) is 1. The van der Waals surface area contributed by atoms with Crippen LogP contribution in [0.15, 0.2) is 24.3 Å². The highest BCUT2D eigenvalue weighted by atomic mass is 16.5. The van der Waals surface area contributed by atoms with Crippen molar-refractivity contribution in [3.05, 3.63) is 29.8 Å². The molecule has 2 nitrogen and oxygen atoms in total. The van der Waals surface area contributed by atoms with E-state index in [9.17, 15) is 0 Å². The molecule has 0 spiro atoms. The maximum Gasteiger partial charge on any atom is 0.119 e. The second kappa shape index (κ2) is 8.98. The molecule has 0 bridgehead atoms. The molecular weight excluding hydrogens is 234 g/mol. The fourth-order valence-electron chi connectivity index (χ4n) is 1.88. The van der Waals surface area contributed by atoms with Gasteiger partial charge in [0.2, 0.25) is 0 Å². The standard InChI is InChI=1S/C17H29NO/c1-5-14(3)16-8-10-17(11-9-16)19-13-7-12-18-15(4)6-2/h8-11,14-15,18H,5-7,12-13H2,1-4H3. The third-order valence-electron chi connectivity index (χ3n) is 3.76. The average molecular weight is 263 g/mol. The summed E-state index contributed by atoms with van der Waals surface area (Å²) in [7, 11) is 0. The number of ether oxygens (including phenoxy) is 1. The van der Waals surface area contributed by atoms with Gasteiger partial charge in [-0.1, -0.05) is 32.9 Å². The van der Waals surface area contributed by atoms with Gasteiger partial charge < -0.3 is 10.1 Å². The van der Waals surface area contributed by atoms with Gasteiger partial charge in [-0.2, -0.15) is 0 Å². The molecule has 19 heavy (non-hydrogen) atoms. The zero-order chi connectivity index (χ0) is 14.1. The molecule has 1 aromatic rings. The third kappa shape index (κ3) is 6.11. The first-order valence-corrected chi connectivity index (χ1v) is 7.63. The van der Waals surface area contributed by atoms with Gasteiger partial charge in [0, 0.05) is 6.04 Å². The molecule has 0 amide bonds. The molecule has 0 aliphatic carbocycles. The Morgan fingerprint density at radius 1 is 1.05 bits per heavy atom. The molecule has 1 rings (SSSR count). The number of nitrogens with one attached hydrogen (secondary N) is 1. The van der Waals surface area contributed by atoms with E-state index in [2.05, 4.69) is 57.3 Å². The highest BCUT2D eigenvalue weighted by Crippen LogP contribution is 2.21. The van der Waals surface area contributed by atoms with E-state index in [1.54, 1.807) is 0 Å². The molecule has 2 atom stereocenters. The second-order valence-electron chi connectivity index (χ2n) is 5.34. The van der Waals surface area contributed by atoms with Crippen LogP contribution in [0.25, 0.3) is 0 Å². The zero-order valence-corrected chi connectivity index (χ0v) is 12.9. The Morgan fingerprint density at radius 2 is 1.74 bits per heavy atom. The molecule has 0 radical (unpaired) electrons. The predicted octanol–water partition coefficient (Wildman–Crippen LogP) is 4.36. The van der Waals surface area contributed by atoms with Crippen LogP contribution in [-0.2, 0) is 0 Å². The van der Waals surface area contributed by atoms with E-state index in [1.807, 2.05) is 0 Å². The first kappa shape index (κ1) is 16.0. The Hall–Kier alpha value is -1.02. The van der Waals surface area contributed by atoms with Crippen molar-refractivity contribution in [3.63, 3.8) is 0 Å². The van der Waals surface area contributed by atoms with E-state index in [4.69, 9.17) is 4.74 Å². The Morgan fingerprint density at radius 3 is 2.32 bits per heavy atom. The molecular formula is C17H29NO. The minimum absolute atomic E-state index is 0.606. The summed E-state index contributed by atoms with van der Waals surface area (Å²) in [5, 5.41) is 3.47. The van der Waals surface area contributed by atoms with Crippen LogP contribution in [0.5, 0.6) is 5.75 Å². The maximum absolute atomic E-state index is 5.75. The van der Waals surface area contributed by atoms with E-state index >= 15 is 0 Å². The molecule has 2 heteroatoms. The van der Waals surface area contributed by atoms with Crippen molar-refractivity contribution in [2.75, 3.05) is 13.2 Å². The Balaban J connectivity index is 2.23. The van der Waals surface area contributed by atoms with Crippen LogP contribution in [0.3, 0.4) is 0 Å². The first-order valence-electron chi connectivity index (χ1n) is 7.63. The van der Waals surface area contributed by atoms with Crippen molar-refractivity contribution in [2.24, 2.45) is 0 Å². The lowest BCUT2D eigenvalue weighted by Crippen LogP contribution is -2.27. The minimum Gasteiger partial charge on any atom is -0.494 e. The van der Waals surface area contributed by atoms with Gasteiger partial charge in [-0.05, 0) is 56.3 Å². The molecule has 108 valence electrons. The van der Waals surface area contributed by atoms with E-state index in [0.29, 0.717) is 12.0 Å². The van der Waals surface area contributed by atoms with E-state index < -0.39 is 0 Å².